The maximum Gasteiger partial charge on any atom is 0.179 e. The first-order valence-corrected chi connectivity index (χ1v) is 7.84. The van der Waals surface area contributed by atoms with Gasteiger partial charge in [0, 0.05) is 23.5 Å². The van der Waals surface area contributed by atoms with E-state index in [0.29, 0.717) is 5.41 Å². The number of Topliss-reactive ketones (excluding diaryl/α,β-unsaturated/α-hetero) is 1. The minimum Gasteiger partial charge on any atom is -0.348 e. The largest absolute Gasteiger partial charge is 0.348 e. The Labute approximate surface area is 126 Å². The van der Waals surface area contributed by atoms with Crippen molar-refractivity contribution < 1.29 is 4.79 Å². The van der Waals surface area contributed by atoms with Gasteiger partial charge in [-0.25, -0.2) is 0 Å². The second-order valence-corrected chi connectivity index (χ2v) is 6.81. The molecule has 0 spiro atoms. The molecule has 0 bridgehead atoms. The summed E-state index contributed by atoms with van der Waals surface area (Å²) < 4.78 is 2.30. The molecule has 0 radical (unpaired) electrons. The van der Waals surface area contributed by atoms with Gasteiger partial charge in [-0.1, -0.05) is 6.92 Å². The van der Waals surface area contributed by atoms with E-state index in [1.807, 2.05) is 13.0 Å². The zero-order valence-corrected chi connectivity index (χ0v) is 13.8. The Morgan fingerprint density at radius 2 is 1.95 bits per heavy atom. The molecule has 1 aliphatic rings. The SMILES string of the molecule is Cc1cc(C(=O)CCl)c(C)n1CC1(C)CCN(C)CC1. The molecule has 1 aromatic heterocycles. The van der Waals surface area contributed by atoms with E-state index in [0.717, 1.165) is 36.6 Å². The monoisotopic (exact) mass is 296 g/mol. The molecule has 0 saturated carbocycles. The van der Waals surface area contributed by atoms with E-state index in [1.165, 1.54) is 12.8 Å². The summed E-state index contributed by atoms with van der Waals surface area (Å²) in [7, 11) is 2.18. The highest BCUT2D eigenvalue weighted by Crippen LogP contribution is 2.33. The predicted octanol–water partition coefficient (Wildman–Crippen LogP) is 3.26. The van der Waals surface area contributed by atoms with Crippen LogP contribution in [-0.4, -0.2) is 41.3 Å². The van der Waals surface area contributed by atoms with Crippen molar-refractivity contribution in [2.75, 3.05) is 26.0 Å². The van der Waals surface area contributed by atoms with Crippen LogP contribution in [0.5, 0.6) is 0 Å². The normalized spacial score (nSPS) is 19.2. The summed E-state index contributed by atoms with van der Waals surface area (Å²) in [5.74, 6) is 0.0892. The molecule has 2 heterocycles. The molecule has 3 nitrogen and oxygen atoms in total. The number of nitrogens with zero attached hydrogens (tertiary/aromatic N) is 2. The first kappa shape index (κ1) is 15.6. The standard InChI is InChI=1S/C16H25ClN2O/c1-12-9-14(15(20)10-17)13(2)19(12)11-16(3)5-7-18(4)8-6-16/h9H,5-8,10-11H2,1-4H3. The van der Waals surface area contributed by atoms with Crippen molar-refractivity contribution in [3.8, 4) is 0 Å². The third-order valence-electron chi connectivity index (χ3n) is 4.73. The van der Waals surface area contributed by atoms with Crippen molar-refractivity contribution in [2.24, 2.45) is 5.41 Å². The Morgan fingerprint density at radius 3 is 2.50 bits per heavy atom. The van der Waals surface area contributed by atoms with E-state index in [9.17, 15) is 4.79 Å². The number of aryl methyl sites for hydroxylation is 1. The van der Waals surface area contributed by atoms with E-state index in [2.05, 4.69) is 30.4 Å². The van der Waals surface area contributed by atoms with Crippen molar-refractivity contribution in [1.82, 2.24) is 9.47 Å². The highest BCUT2D eigenvalue weighted by Gasteiger charge is 2.30. The molecule has 0 aromatic carbocycles. The first-order chi connectivity index (χ1) is 9.36. The van der Waals surface area contributed by atoms with Crippen molar-refractivity contribution in [1.29, 1.82) is 0 Å². The highest BCUT2D eigenvalue weighted by molar-refractivity contribution is 6.30. The van der Waals surface area contributed by atoms with Gasteiger partial charge in [-0.3, -0.25) is 4.79 Å². The fourth-order valence-electron chi connectivity index (χ4n) is 3.10. The van der Waals surface area contributed by atoms with Crippen LogP contribution >= 0.6 is 11.6 Å². The minimum atomic E-state index is 0.0274. The first-order valence-electron chi connectivity index (χ1n) is 7.31. The van der Waals surface area contributed by atoms with E-state index in [4.69, 9.17) is 11.6 Å². The van der Waals surface area contributed by atoms with Crippen LogP contribution in [0.25, 0.3) is 0 Å². The lowest BCUT2D eigenvalue weighted by Gasteiger charge is -2.38. The van der Waals surface area contributed by atoms with Crippen LogP contribution in [0.1, 0.15) is 41.5 Å². The maximum atomic E-state index is 11.9. The number of aromatic nitrogens is 1. The van der Waals surface area contributed by atoms with Crippen LogP contribution in [-0.2, 0) is 6.54 Å². The average Bonchev–Trinajstić information content (AvgIpc) is 2.69. The fraction of sp³-hybridized carbons (Fsp3) is 0.688. The number of hydrogen-bond acceptors (Lipinski definition) is 2. The van der Waals surface area contributed by atoms with Crippen LogP contribution in [0.3, 0.4) is 0 Å². The molecule has 1 saturated heterocycles. The molecule has 1 aliphatic heterocycles. The molecular weight excluding hydrogens is 272 g/mol. The summed E-state index contributed by atoms with van der Waals surface area (Å²) in [6.45, 7) is 9.78. The zero-order valence-electron chi connectivity index (χ0n) is 13.0. The van der Waals surface area contributed by atoms with Crippen molar-refractivity contribution in [3.63, 3.8) is 0 Å². The molecule has 0 amide bonds. The van der Waals surface area contributed by atoms with Gasteiger partial charge in [0.25, 0.3) is 0 Å². The van der Waals surface area contributed by atoms with Crippen LogP contribution in [0.15, 0.2) is 6.07 Å². The van der Waals surface area contributed by atoms with Crippen molar-refractivity contribution >= 4 is 17.4 Å². The summed E-state index contributed by atoms with van der Waals surface area (Å²) in [5.41, 5.74) is 3.33. The van der Waals surface area contributed by atoms with Crippen LogP contribution in [0.2, 0.25) is 0 Å². The van der Waals surface area contributed by atoms with Gasteiger partial charge in [-0.15, -0.1) is 11.6 Å². The minimum absolute atomic E-state index is 0.0274. The number of ketones is 1. The molecule has 0 N–H and O–H groups in total. The van der Waals surface area contributed by atoms with Gasteiger partial charge in [-0.05, 0) is 58.3 Å². The number of alkyl halides is 1. The lowest BCUT2D eigenvalue weighted by molar-refractivity contribution is 0.101. The van der Waals surface area contributed by atoms with E-state index < -0.39 is 0 Å². The Balaban J connectivity index is 2.21. The predicted molar refractivity (Wildman–Crippen MR) is 83.8 cm³/mol. The van der Waals surface area contributed by atoms with Gasteiger partial charge in [0.05, 0.1) is 5.88 Å². The average molecular weight is 297 g/mol. The van der Waals surface area contributed by atoms with Gasteiger partial charge in [0.2, 0.25) is 0 Å². The third-order valence-corrected chi connectivity index (χ3v) is 4.97. The van der Waals surface area contributed by atoms with Gasteiger partial charge in [0.15, 0.2) is 5.78 Å². The lowest BCUT2D eigenvalue weighted by Crippen LogP contribution is -2.38. The fourth-order valence-corrected chi connectivity index (χ4v) is 3.24. The molecule has 4 heteroatoms. The maximum absolute atomic E-state index is 11.9. The second-order valence-electron chi connectivity index (χ2n) is 6.54. The Hall–Kier alpha value is -0.800. The molecular formula is C16H25ClN2O. The zero-order chi connectivity index (χ0) is 14.9. The van der Waals surface area contributed by atoms with Gasteiger partial charge in [-0.2, -0.15) is 0 Å². The number of carbonyl (C=O) groups excluding carboxylic acids is 1. The molecule has 112 valence electrons. The van der Waals surface area contributed by atoms with Crippen LogP contribution in [0, 0.1) is 19.3 Å². The van der Waals surface area contributed by atoms with E-state index >= 15 is 0 Å². The van der Waals surface area contributed by atoms with E-state index in [-0.39, 0.29) is 11.7 Å². The summed E-state index contributed by atoms with van der Waals surface area (Å²) >= 11 is 5.69. The molecule has 1 aromatic rings. The third kappa shape index (κ3) is 3.09. The van der Waals surface area contributed by atoms with Gasteiger partial charge < -0.3 is 9.47 Å². The Bertz CT molecular complexity index is 499. The highest BCUT2D eigenvalue weighted by atomic mass is 35.5. The number of halogens is 1. The smallest absolute Gasteiger partial charge is 0.179 e. The van der Waals surface area contributed by atoms with Gasteiger partial charge >= 0.3 is 0 Å². The molecule has 0 aliphatic carbocycles. The Morgan fingerprint density at radius 1 is 1.35 bits per heavy atom. The number of rotatable bonds is 4. The summed E-state index contributed by atoms with van der Waals surface area (Å²) in [6, 6.07) is 1.98. The number of piperidine rings is 1. The Kier molecular flexibility index (Phi) is 4.60. The topological polar surface area (TPSA) is 25.2 Å². The number of likely N-dealkylation sites (tertiary alicyclic amines) is 1. The van der Waals surface area contributed by atoms with E-state index in [1.54, 1.807) is 0 Å². The van der Waals surface area contributed by atoms with Crippen LogP contribution in [0.4, 0.5) is 0 Å². The van der Waals surface area contributed by atoms with Crippen molar-refractivity contribution in [3.05, 3.63) is 23.0 Å². The summed E-state index contributed by atoms with van der Waals surface area (Å²) in [6.07, 6.45) is 2.42. The number of carbonyl (C=O) groups is 1. The molecule has 2 rings (SSSR count). The quantitative estimate of drug-likeness (QED) is 0.629. The number of hydrogen-bond donors (Lipinski definition) is 0. The summed E-state index contributed by atoms with van der Waals surface area (Å²) in [5, 5.41) is 0. The van der Waals surface area contributed by atoms with Gasteiger partial charge in [0.1, 0.15) is 0 Å². The molecule has 1 fully saturated rings. The lowest BCUT2D eigenvalue weighted by atomic mass is 9.80. The van der Waals surface area contributed by atoms with Crippen molar-refractivity contribution in [2.45, 2.75) is 40.2 Å². The molecule has 0 atom stereocenters. The molecule has 0 unspecified atom stereocenters. The van der Waals surface area contributed by atoms with Crippen LogP contribution < -0.4 is 0 Å². The molecule has 20 heavy (non-hydrogen) atoms. The second kappa shape index (κ2) is 5.90. The summed E-state index contributed by atoms with van der Waals surface area (Å²) in [4.78, 5) is 14.3.